The fourth-order valence-corrected chi connectivity index (χ4v) is 7.58. The van der Waals surface area contributed by atoms with Crippen LogP contribution in [0.1, 0.15) is 79.6 Å². The van der Waals surface area contributed by atoms with Crippen LogP contribution in [0.3, 0.4) is 0 Å². The molecule has 1 saturated heterocycles. The number of benzene rings is 1. The van der Waals surface area contributed by atoms with E-state index in [9.17, 15) is 9.59 Å². The minimum Gasteiger partial charge on any atom is -0.487 e. The fraction of sp³-hybridized carbons (Fsp3) is 0.621. The molecule has 2 aromatic rings. The zero-order chi connectivity index (χ0) is 25.7. The Morgan fingerprint density at radius 2 is 2.08 bits per heavy atom. The third-order valence-electron chi connectivity index (χ3n) is 9.25. The van der Waals surface area contributed by atoms with Crippen molar-refractivity contribution >= 4 is 34.8 Å². The molecule has 1 aromatic carbocycles. The van der Waals surface area contributed by atoms with Crippen molar-refractivity contribution in [2.24, 2.45) is 17.3 Å². The molecule has 0 bridgehead atoms. The highest BCUT2D eigenvalue weighted by Crippen LogP contribution is 2.54. The van der Waals surface area contributed by atoms with Crippen LogP contribution in [0.4, 0.5) is 0 Å². The smallest absolute Gasteiger partial charge is 0.226 e. The summed E-state index contributed by atoms with van der Waals surface area (Å²) in [6, 6.07) is 3.58. The maximum Gasteiger partial charge on any atom is 0.226 e. The summed E-state index contributed by atoms with van der Waals surface area (Å²) in [5.74, 6) is 1.62. The molecule has 1 spiro atoms. The van der Waals surface area contributed by atoms with Crippen LogP contribution < -0.4 is 4.74 Å². The van der Waals surface area contributed by atoms with Crippen LogP contribution in [0.2, 0.25) is 5.02 Å². The van der Waals surface area contributed by atoms with Crippen molar-refractivity contribution in [1.29, 1.82) is 0 Å². The number of carbonyl (C=O) groups is 2. The van der Waals surface area contributed by atoms with E-state index in [2.05, 4.69) is 23.7 Å². The van der Waals surface area contributed by atoms with Gasteiger partial charge < -0.3 is 14.5 Å². The Morgan fingerprint density at radius 1 is 1.27 bits per heavy atom. The number of hydrogen-bond acceptors (Lipinski definition) is 5. The van der Waals surface area contributed by atoms with Crippen LogP contribution in [0.15, 0.2) is 17.6 Å². The molecule has 37 heavy (non-hydrogen) atoms. The van der Waals surface area contributed by atoms with Crippen molar-refractivity contribution in [2.45, 2.75) is 77.9 Å². The molecule has 3 heterocycles. The van der Waals surface area contributed by atoms with Gasteiger partial charge in [-0.3, -0.25) is 9.59 Å². The second-order valence-corrected chi connectivity index (χ2v) is 13.2. The van der Waals surface area contributed by atoms with Crippen LogP contribution in [0.5, 0.6) is 5.75 Å². The van der Waals surface area contributed by atoms with Crippen LogP contribution in [-0.4, -0.2) is 46.2 Å². The summed E-state index contributed by atoms with van der Waals surface area (Å²) >= 11 is 8.36. The van der Waals surface area contributed by atoms with Gasteiger partial charge in [0.05, 0.1) is 17.2 Å². The van der Waals surface area contributed by atoms with E-state index in [1.54, 1.807) is 11.3 Å². The highest BCUT2D eigenvalue weighted by Gasteiger charge is 2.52. The summed E-state index contributed by atoms with van der Waals surface area (Å²) in [6.07, 6.45) is 7.96. The number of likely N-dealkylation sites (tertiary alicyclic amines) is 1. The van der Waals surface area contributed by atoms with Gasteiger partial charge in [-0.1, -0.05) is 31.4 Å². The van der Waals surface area contributed by atoms with E-state index in [4.69, 9.17) is 16.3 Å². The van der Waals surface area contributed by atoms with E-state index in [0.717, 1.165) is 66.1 Å². The molecule has 198 valence electrons. The maximum atomic E-state index is 14.1. The lowest BCUT2D eigenvalue weighted by Crippen LogP contribution is -2.49. The molecule has 1 aromatic heterocycles. The molecule has 2 aliphatic heterocycles. The topological polar surface area (TPSA) is 62.7 Å². The number of rotatable bonds is 6. The lowest BCUT2D eigenvalue weighted by molar-refractivity contribution is -0.143. The summed E-state index contributed by atoms with van der Waals surface area (Å²) in [5, 5.41) is 0.710. The lowest BCUT2D eigenvalue weighted by Gasteiger charge is -2.43. The van der Waals surface area contributed by atoms with Crippen LogP contribution >= 0.6 is 22.9 Å². The largest absolute Gasteiger partial charge is 0.487 e. The second-order valence-electron chi connectivity index (χ2n) is 11.7. The number of hydrogen-bond donors (Lipinski definition) is 0. The second kappa shape index (κ2) is 9.88. The zero-order valence-electron chi connectivity index (χ0n) is 21.8. The summed E-state index contributed by atoms with van der Waals surface area (Å²) < 4.78 is 6.40. The Kier molecular flexibility index (Phi) is 6.72. The minimum atomic E-state index is -0.256. The number of nitrogens with zero attached hydrogens (tertiary/aromatic N) is 3. The molecular formula is C29H36ClN3O3S. The van der Waals surface area contributed by atoms with Crippen molar-refractivity contribution in [1.82, 2.24) is 14.8 Å². The van der Waals surface area contributed by atoms with E-state index < -0.39 is 0 Å². The third kappa shape index (κ3) is 4.78. The normalized spacial score (nSPS) is 26.5. The molecule has 3 atom stereocenters. The van der Waals surface area contributed by atoms with E-state index in [-0.39, 0.29) is 29.2 Å². The van der Waals surface area contributed by atoms with Gasteiger partial charge in [0.15, 0.2) is 0 Å². The predicted octanol–water partition coefficient (Wildman–Crippen LogP) is 5.95. The molecule has 4 aliphatic rings. The molecule has 0 N–H and O–H groups in total. The molecule has 8 heteroatoms. The first-order valence-electron chi connectivity index (χ1n) is 13.8. The molecule has 0 unspecified atom stereocenters. The number of amides is 2. The standard InChI is InChI=1S/C29H36ClN3O3S/c1-18-5-3-4-6-20(18)28(35)33-12-9-21-22(30)7-8-25(36-15-23-19(2)37-17-31-23)27(21)24(33)14-32-16-29(10-11-29)13-26(32)34/h7-8,17-18,20,24H,3-6,9-16H2,1-2H3/t18-,20+,24+/m0/s1. The van der Waals surface area contributed by atoms with Crippen molar-refractivity contribution in [3.05, 3.63) is 44.4 Å². The van der Waals surface area contributed by atoms with Crippen LogP contribution in [-0.2, 0) is 22.6 Å². The summed E-state index contributed by atoms with van der Waals surface area (Å²) in [5.41, 5.74) is 4.97. The average molecular weight is 542 g/mol. The monoisotopic (exact) mass is 541 g/mol. The van der Waals surface area contributed by atoms with Gasteiger partial charge in [-0.15, -0.1) is 11.3 Å². The third-order valence-corrected chi connectivity index (χ3v) is 10.4. The Balaban J connectivity index is 1.36. The molecule has 6 nitrogen and oxygen atoms in total. The van der Waals surface area contributed by atoms with Gasteiger partial charge >= 0.3 is 0 Å². The average Bonchev–Trinajstić information content (AvgIpc) is 3.39. The van der Waals surface area contributed by atoms with Crippen molar-refractivity contribution in [2.75, 3.05) is 19.6 Å². The van der Waals surface area contributed by atoms with E-state index in [1.165, 1.54) is 6.42 Å². The van der Waals surface area contributed by atoms with Gasteiger partial charge in [0, 0.05) is 47.4 Å². The Hall–Kier alpha value is -2.12. The molecular weight excluding hydrogens is 506 g/mol. The van der Waals surface area contributed by atoms with E-state index >= 15 is 0 Å². The Morgan fingerprint density at radius 3 is 2.78 bits per heavy atom. The number of thiazole rings is 1. The number of halogens is 1. The lowest BCUT2D eigenvalue weighted by atomic mass is 9.78. The van der Waals surface area contributed by atoms with E-state index in [0.29, 0.717) is 43.5 Å². The highest BCUT2D eigenvalue weighted by atomic mass is 35.5. The molecule has 0 radical (unpaired) electrons. The molecule has 2 amide bonds. The fourth-order valence-electron chi connectivity index (χ4n) is 6.74. The summed E-state index contributed by atoms with van der Waals surface area (Å²) in [7, 11) is 0. The zero-order valence-corrected chi connectivity index (χ0v) is 23.4. The first kappa shape index (κ1) is 25.2. The Bertz CT molecular complexity index is 1210. The highest BCUT2D eigenvalue weighted by molar-refractivity contribution is 7.09. The van der Waals surface area contributed by atoms with Gasteiger partial charge in [0.2, 0.25) is 11.8 Å². The molecule has 2 saturated carbocycles. The van der Waals surface area contributed by atoms with Crippen LogP contribution in [0.25, 0.3) is 0 Å². The predicted molar refractivity (Wildman–Crippen MR) is 145 cm³/mol. The number of aryl methyl sites for hydroxylation is 1. The number of fused-ring (bicyclic) bond motifs is 1. The Labute approximate surface area is 228 Å². The van der Waals surface area contributed by atoms with Crippen molar-refractivity contribution in [3.8, 4) is 5.75 Å². The maximum absolute atomic E-state index is 14.1. The first-order valence-corrected chi connectivity index (χ1v) is 15.0. The minimum absolute atomic E-state index is 0.0445. The van der Waals surface area contributed by atoms with Crippen molar-refractivity contribution in [3.63, 3.8) is 0 Å². The molecule has 2 aliphatic carbocycles. The van der Waals surface area contributed by atoms with Gasteiger partial charge in [-0.05, 0) is 68.1 Å². The molecule has 3 fully saturated rings. The summed E-state index contributed by atoms with van der Waals surface area (Å²) in [6.45, 7) is 6.57. The van der Waals surface area contributed by atoms with E-state index in [1.807, 2.05) is 22.5 Å². The van der Waals surface area contributed by atoms with Gasteiger partial charge in [-0.25, -0.2) is 4.98 Å². The van der Waals surface area contributed by atoms with Crippen molar-refractivity contribution < 1.29 is 14.3 Å². The quantitative estimate of drug-likeness (QED) is 0.453. The van der Waals surface area contributed by atoms with Crippen LogP contribution in [0, 0.1) is 24.2 Å². The van der Waals surface area contributed by atoms with Gasteiger partial charge in [0.1, 0.15) is 12.4 Å². The molecule has 6 rings (SSSR count). The summed E-state index contributed by atoms with van der Waals surface area (Å²) in [4.78, 5) is 36.8. The number of carbonyl (C=O) groups excluding carboxylic acids is 2. The number of aromatic nitrogens is 1. The number of ether oxygens (including phenoxy) is 1. The van der Waals surface area contributed by atoms with Gasteiger partial charge in [0.25, 0.3) is 0 Å². The SMILES string of the molecule is Cc1scnc1COc1ccc(Cl)c2c1[C@@H](CN1CC3(CC3)CC1=O)N(C(=O)[C@@H]1CCCC[C@@H]1C)CC2. The van der Waals surface area contributed by atoms with Gasteiger partial charge in [-0.2, -0.15) is 0 Å². The first-order chi connectivity index (χ1) is 17.8.